The van der Waals surface area contributed by atoms with Gasteiger partial charge in [0.25, 0.3) is 0 Å². The average Bonchev–Trinajstić information content (AvgIpc) is 2.94. The van der Waals surface area contributed by atoms with Crippen molar-refractivity contribution in [1.29, 1.82) is 0 Å². The van der Waals surface area contributed by atoms with Crippen molar-refractivity contribution in [2.24, 2.45) is 15.8 Å². The Bertz CT molecular complexity index is 872. The van der Waals surface area contributed by atoms with E-state index >= 15 is 0 Å². The number of primary amides is 1. The fraction of sp³-hybridized carbons (Fsp3) is 0.250. The maximum Gasteiger partial charge on any atom is 0.219 e. The van der Waals surface area contributed by atoms with Gasteiger partial charge in [-0.05, 0) is 12.5 Å². The molecule has 0 spiro atoms. The van der Waals surface area contributed by atoms with Crippen LogP contribution in [-0.2, 0) is 4.79 Å². The molecule has 0 aliphatic carbocycles. The lowest BCUT2D eigenvalue weighted by Crippen LogP contribution is -2.40. The number of rotatable bonds is 3. The summed E-state index contributed by atoms with van der Waals surface area (Å²) in [7, 11) is 0. The second-order valence-electron chi connectivity index (χ2n) is 6.55. The van der Waals surface area contributed by atoms with Gasteiger partial charge < -0.3 is 11.2 Å². The number of hydrogen-bond donors (Lipinski definition) is 2. The first-order chi connectivity index (χ1) is 12.1. The molecule has 2 unspecified atom stereocenters. The molecule has 4 rings (SSSR count). The Morgan fingerprint density at radius 2 is 1.84 bits per heavy atom. The number of nitrogens with two attached hydrogens (primary N) is 1. The minimum atomic E-state index is -0.350. The first kappa shape index (κ1) is 15.6. The molecule has 25 heavy (non-hydrogen) atoms. The van der Waals surface area contributed by atoms with Gasteiger partial charge in [-0.2, -0.15) is 5.10 Å². The topological polar surface area (TPSA) is 79.8 Å². The third kappa shape index (κ3) is 2.71. The molecular weight excluding hydrogens is 312 g/mol. The Labute approximate surface area is 146 Å². The first-order valence-electron chi connectivity index (χ1n) is 8.45. The Hall–Kier alpha value is -2.95. The van der Waals surface area contributed by atoms with Gasteiger partial charge in [-0.25, -0.2) is 0 Å². The fourth-order valence-corrected chi connectivity index (χ4v) is 3.81. The lowest BCUT2D eigenvalue weighted by molar-refractivity contribution is -0.118. The standard InChI is InChI=1S/C20H20N4O/c1-12-18-14-9-5-6-10-15(14)19(13-7-3-2-4-8-13)22-16(11-17(21)25)20(18)24-23-12/h2-10,16,18,20,24H,11H2,1H3,(H2,21,25)/t16-,18?,20?/m0/s1. The van der Waals surface area contributed by atoms with Gasteiger partial charge in [0, 0.05) is 22.8 Å². The maximum atomic E-state index is 11.7. The van der Waals surface area contributed by atoms with E-state index in [0.717, 1.165) is 22.6 Å². The van der Waals surface area contributed by atoms with Gasteiger partial charge in [-0.15, -0.1) is 0 Å². The molecule has 2 aliphatic rings. The van der Waals surface area contributed by atoms with Crippen LogP contribution in [0, 0.1) is 0 Å². The van der Waals surface area contributed by atoms with Crippen LogP contribution in [0.1, 0.15) is 36.0 Å². The summed E-state index contributed by atoms with van der Waals surface area (Å²) in [6, 6.07) is 18.1. The van der Waals surface area contributed by atoms with E-state index in [9.17, 15) is 4.79 Å². The molecule has 0 saturated heterocycles. The normalized spacial score (nSPS) is 24.3. The fourth-order valence-electron chi connectivity index (χ4n) is 3.81. The van der Waals surface area contributed by atoms with E-state index in [2.05, 4.69) is 22.7 Å². The van der Waals surface area contributed by atoms with Crippen molar-refractivity contribution in [1.82, 2.24) is 5.43 Å². The van der Waals surface area contributed by atoms with E-state index < -0.39 is 0 Å². The van der Waals surface area contributed by atoms with Gasteiger partial charge in [-0.3, -0.25) is 9.79 Å². The third-order valence-electron chi connectivity index (χ3n) is 4.92. The monoisotopic (exact) mass is 332 g/mol. The summed E-state index contributed by atoms with van der Waals surface area (Å²) in [5, 5.41) is 4.42. The Morgan fingerprint density at radius 1 is 1.12 bits per heavy atom. The zero-order valence-corrected chi connectivity index (χ0v) is 14.0. The van der Waals surface area contributed by atoms with Crippen molar-refractivity contribution in [3.63, 3.8) is 0 Å². The summed E-state index contributed by atoms with van der Waals surface area (Å²) in [6.07, 6.45) is 0.196. The van der Waals surface area contributed by atoms with E-state index in [0.29, 0.717) is 0 Å². The van der Waals surface area contributed by atoms with Crippen LogP contribution in [0.4, 0.5) is 0 Å². The average molecular weight is 332 g/mol. The number of benzene rings is 2. The van der Waals surface area contributed by atoms with Gasteiger partial charge in [0.2, 0.25) is 5.91 Å². The Morgan fingerprint density at radius 3 is 2.60 bits per heavy atom. The number of nitrogens with one attached hydrogen (secondary N) is 1. The molecule has 0 fully saturated rings. The highest BCUT2D eigenvalue weighted by Crippen LogP contribution is 2.36. The van der Waals surface area contributed by atoms with Crippen LogP contribution >= 0.6 is 0 Å². The molecule has 5 heteroatoms. The van der Waals surface area contributed by atoms with E-state index in [4.69, 9.17) is 10.7 Å². The van der Waals surface area contributed by atoms with Crippen molar-refractivity contribution >= 4 is 17.3 Å². The maximum absolute atomic E-state index is 11.7. The van der Waals surface area contributed by atoms with Crippen LogP contribution in [0.2, 0.25) is 0 Å². The second-order valence-corrected chi connectivity index (χ2v) is 6.55. The molecule has 0 radical (unpaired) electrons. The van der Waals surface area contributed by atoms with Gasteiger partial charge >= 0.3 is 0 Å². The lowest BCUT2D eigenvalue weighted by atomic mass is 9.82. The summed E-state index contributed by atoms with van der Waals surface area (Å²) in [5.74, 6) is -0.261. The Balaban J connectivity index is 1.93. The molecule has 3 N–H and O–H groups in total. The van der Waals surface area contributed by atoms with Crippen molar-refractivity contribution in [3.8, 4) is 0 Å². The van der Waals surface area contributed by atoms with Crippen molar-refractivity contribution in [2.75, 3.05) is 0 Å². The predicted molar refractivity (Wildman–Crippen MR) is 98.9 cm³/mol. The summed E-state index contributed by atoms with van der Waals surface area (Å²) in [4.78, 5) is 16.6. The minimum Gasteiger partial charge on any atom is -0.370 e. The molecule has 5 nitrogen and oxygen atoms in total. The zero-order valence-electron chi connectivity index (χ0n) is 14.0. The second kappa shape index (κ2) is 6.16. The minimum absolute atomic E-state index is 0.0603. The van der Waals surface area contributed by atoms with Gasteiger partial charge in [0.05, 0.1) is 24.2 Å². The smallest absolute Gasteiger partial charge is 0.219 e. The molecule has 2 aromatic carbocycles. The summed E-state index contributed by atoms with van der Waals surface area (Å²) < 4.78 is 0. The molecule has 1 amide bonds. The highest BCUT2D eigenvalue weighted by molar-refractivity contribution is 6.15. The number of aliphatic imine (C=N–C) groups is 1. The molecule has 2 heterocycles. The van der Waals surface area contributed by atoms with Crippen LogP contribution in [0.15, 0.2) is 64.7 Å². The highest BCUT2D eigenvalue weighted by Gasteiger charge is 2.40. The number of nitrogens with zero attached hydrogens (tertiary/aromatic N) is 2. The SMILES string of the molecule is CC1=NNC2C1c1ccccc1C(c1ccccc1)=N[C@H]2CC(N)=O. The number of hydrogen-bond acceptors (Lipinski definition) is 4. The number of fused-ring (bicyclic) bond motifs is 3. The molecule has 0 bridgehead atoms. The molecule has 2 aromatic rings. The van der Waals surface area contributed by atoms with Crippen molar-refractivity contribution in [3.05, 3.63) is 71.3 Å². The van der Waals surface area contributed by atoms with Gasteiger partial charge in [-0.1, -0.05) is 54.6 Å². The number of amides is 1. The van der Waals surface area contributed by atoms with Gasteiger partial charge in [0.1, 0.15) is 0 Å². The molecule has 2 aliphatic heterocycles. The predicted octanol–water partition coefficient (Wildman–Crippen LogP) is 2.21. The lowest BCUT2D eigenvalue weighted by Gasteiger charge is -2.23. The van der Waals surface area contributed by atoms with Crippen LogP contribution < -0.4 is 11.2 Å². The number of carbonyl (C=O) groups excluding carboxylic acids is 1. The summed E-state index contributed by atoms with van der Waals surface area (Å²) in [5.41, 5.74) is 13.9. The van der Waals surface area contributed by atoms with Crippen molar-refractivity contribution < 1.29 is 4.79 Å². The molecule has 0 aromatic heterocycles. The van der Waals surface area contributed by atoms with E-state index in [1.54, 1.807) is 0 Å². The Kier molecular flexibility index (Phi) is 3.84. The first-order valence-corrected chi connectivity index (χ1v) is 8.45. The third-order valence-corrected chi connectivity index (χ3v) is 4.92. The number of carbonyl (C=O) groups is 1. The largest absolute Gasteiger partial charge is 0.370 e. The van der Waals surface area contributed by atoms with Crippen LogP contribution in [0.5, 0.6) is 0 Å². The molecule has 126 valence electrons. The quantitative estimate of drug-likeness (QED) is 0.904. The van der Waals surface area contributed by atoms with Gasteiger partial charge in [0.15, 0.2) is 0 Å². The zero-order chi connectivity index (χ0) is 17.4. The molecular formula is C20H20N4O. The summed E-state index contributed by atoms with van der Waals surface area (Å²) in [6.45, 7) is 2.02. The van der Waals surface area contributed by atoms with E-state index in [1.807, 2.05) is 49.4 Å². The van der Waals surface area contributed by atoms with E-state index in [1.165, 1.54) is 5.56 Å². The van der Waals surface area contributed by atoms with Crippen LogP contribution in [-0.4, -0.2) is 29.4 Å². The molecule has 0 saturated carbocycles. The summed E-state index contributed by atoms with van der Waals surface area (Å²) >= 11 is 0. The van der Waals surface area contributed by atoms with Crippen LogP contribution in [0.25, 0.3) is 0 Å². The van der Waals surface area contributed by atoms with Crippen LogP contribution in [0.3, 0.4) is 0 Å². The molecule has 3 atom stereocenters. The number of hydrazone groups is 1. The van der Waals surface area contributed by atoms with E-state index in [-0.39, 0.29) is 30.3 Å². The highest BCUT2D eigenvalue weighted by atomic mass is 16.1. The van der Waals surface area contributed by atoms with Crippen molar-refractivity contribution in [2.45, 2.75) is 31.3 Å².